The van der Waals surface area contributed by atoms with E-state index in [-0.39, 0.29) is 11.0 Å². The van der Waals surface area contributed by atoms with Crippen LogP contribution in [0.15, 0.2) is 30.3 Å². The smallest absolute Gasteiger partial charge is 0.139 e. The summed E-state index contributed by atoms with van der Waals surface area (Å²) in [6.07, 6.45) is 6.48. The lowest BCUT2D eigenvalue weighted by molar-refractivity contribution is -0.136. The molecule has 0 spiro atoms. The Labute approximate surface area is 133 Å². The Morgan fingerprint density at radius 2 is 1.95 bits per heavy atom. The lowest BCUT2D eigenvalue weighted by Gasteiger charge is -2.37. The van der Waals surface area contributed by atoms with E-state index in [1.165, 1.54) is 5.56 Å². The molecule has 2 aliphatic rings. The molecule has 120 valence electrons. The third kappa shape index (κ3) is 3.11. The number of methoxy groups -OCH3 is 1. The monoisotopic (exact) mass is 302 g/mol. The van der Waals surface area contributed by atoms with E-state index in [0.717, 1.165) is 45.1 Å². The minimum absolute atomic E-state index is 0.0151. The van der Waals surface area contributed by atoms with Gasteiger partial charge < -0.3 is 9.47 Å². The van der Waals surface area contributed by atoms with Gasteiger partial charge in [0.2, 0.25) is 0 Å². The summed E-state index contributed by atoms with van der Waals surface area (Å²) in [7, 11) is 1.80. The number of ether oxygens (including phenoxy) is 2. The highest BCUT2D eigenvalue weighted by Gasteiger charge is 2.55. The van der Waals surface area contributed by atoms with Gasteiger partial charge in [0.15, 0.2) is 0 Å². The first kappa shape index (κ1) is 15.7. The Bertz CT molecular complexity index is 513. The van der Waals surface area contributed by atoms with Crippen molar-refractivity contribution in [1.82, 2.24) is 0 Å². The Kier molecular flexibility index (Phi) is 4.65. The van der Waals surface area contributed by atoms with Gasteiger partial charge in [-0.2, -0.15) is 0 Å². The molecular formula is C19H26O3. The number of carbonyl (C=O) groups excluding carboxylic acids is 1. The lowest BCUT2D eigenvalue weighted by Crippen LogP contribution is -2.40. The fourth-order valence-corrected chi connectivity index (χ4v) is 4.22. The van der Waals surface area contributed by atoms with Gasteiger partial charge in [0.05, 0.1) is 12.2 Å². The number of ketones is 1. The van der Waals surface area contributed by atoms with E-state index in [4.69, 9.17) is 9.47 Å². The van der Waals surface area contributed by atoms with Crippen LogP contribution in [0.2, 0.25) is 0 Å². The fourth-order valence-electron chi connectivity index (χ4n) is 4.22. The molecule has 0 aromatic heterocycles. The van der Waals surface area contributed by atoms with Crippen LogP contribution in [-0.2, 0) is 20.9 Å². The van der Waals surface area contributed by atoms with Crippen molar-refractivity contribution in [3.05, 3.63) is 35.9 Å². The van der Waals surface area contributed by atoms with E-state index in [0.29, 0.717) is 18.8 Å². The maximum atomic E-state index is 12.4. The van der Waals surface area contributed by atoms with Gasteiger partial charge >= 0.3 is 0 Å². The molecule has 2 saturated carbocycles. The van der Waals surface area contributed by atoms with Crippen LogP contribution >= 0.6 is 0 Å². The number of benzene rings is 1. The third-order valence-electron chi connectivity index (χ3n) is 5.61. The van der Waals surface area contributed by atoms with Crippen LogP contribution < -0.4 is 0 Å². The molecule has 1 aromatic rings. The van der Waals surface area contributed by atoms with E-state index in [1.807, 2.05) is 18.2 Å². The number of hydrogen-bond acceptors (Lipinski definition) is 3. The SMILES string of the molecule is COC12CCC(=O)C(CCCOCc3ccccc3)(CC1)C2. The molecule has 0 heterocycles. The number of carbonyl (C=O) groups is 1. The van der Waals surface area contributed by atoms with Crippen molar-refractivity contribution in [1.29, 1.82) is 0 Å². The van der Waals surface area contributed by atoms with E-state index >= 15 is 0 Å². The van der Waals surface area contributed by atoms with Crippen LogP contribution in [0.25, 0.3) is 0 Å². The van der Waals surface area contributed by atoms with Crippen LogP contribution in [0.1, 0.15) is 50.5 Å². The quantitative estimate of drug-likeness (QED) is 0.717. The molecule has 0 N–H and O–H groups in total. The minimum Gasteiger partial charge on any atom is -0.378 e. The molecule has 2 bridgehead atoms. The van der Waals surface area contributed by atoms with Crippen molar-refractivity contribution in [3.8, 4) is 0 Å². The standard InChI is InChI=1S/C19H26O3/c1-21-19-10-8-17(20)18(15-19,11-12-19)9-5-13-22-14-16-6-3-2-4-7-16/h2-4,6-7H,5,8-15H2,1H3. The number of rotatable bonds is 7. The van der Waals surface area contributed by atoms with Gasteiger partial charge in [0.25, 0.3) is 0 Å². The largest absolute Gasteiger partial charge is 0.378 e. The minimum atomic E-state index is -0.121. The molecule has 0 radical (unpaired) electrons. The molecular weight excluding hydrogens is 276 g/mol. The second-order valence-corrected chi connectivity index (χ2v) is 6.91. The van der Waals surface area contributed by atoms with Crippen molar-refractivity contribution in [2.24, 2.45) is 5.41 Å². The van der Waals surface area contributed by atoms with Crippen LogP contribution in [0.5, 0.6) is 0 Å². The van der Waals surface area contributed by atoms with Crippen molar-refractivity contribution >= 4 is 5.78 Å². The third-order valence-corrected chi connectivity index (χ3v) is 5.61. The zero-order valence-electron chi connectivity index (χ0n) is 13.5. The molecule has 0 amide bonds. The summed E-state index contributed by atoms with van der Waals surface area (Å²) in [6, 6.07) is 10.2. The van der Waals surface area contributed by atoms with Crippen molar-refractivity contribution in [2.75, 3.05) is 13.7 Å². The van der Waals surface area contributed by atoms with E-state index in [2.05, 4.69) is 12.1 Å². The second kappa shape index (κ2) is 6.51. The Morgan fingerprint density at radius 1 is 1.14 bits per heavy atom. The van der Waals surface area contributed by atoms with Crippen LogP contribution in [0, 0.1) is 5.41 Å². The number of fused-ring (bicyclic) bond motifs is 2. The zero-order chi connectivity index (χ0) is 15.5. The van der Waals surface area contributed by atoms with Crippen molar-refractivity contribution in [3.63, 3.8) is 0 Å². The van der Waals surface area contributed by atoms with Crippen LogP contribution in [0.4, 0.5) is 0 Å². The molecule has 0 aliphatic heterocycles. The summed E-state index contributed by atoms with van der Waals surface area (Å²) in [5.74, 6) is 0.459. The molecule has 3 heteroatoms. The average molecular weight is 302 g/mol. The van der Waals surface area contributed by atoms with Crippen molar-refractivity contribution < 1.29 is 14.3 Å². The first-order valence-electron chi connectivity index (χ1n) is 8.38. The number of Topliss-reactive ketones (excluding diaryl/α,β-unsaturated/α-hetero) is 1. The predicted molar refractivity (Wildman–Crippen MR) is 85.6 cm³/mol. The fraction of sp³-hybridized carbons (Fsp3) is 0.632. The Morgan fingerprint density at radius 3 is 2.73 bits per heavy atom. The first-order chi connectivity index (χ1) is 10.7. The maximum absolute atomic E-state index is 12.4. The highest BCUT2D eigenvalue weighted by molar-refractivity contribution is 5.86. The second-order valence-electron chi connectivity index (χ2n) is 6.91. The van der Waals surface area contributed by atoms with Gasteiger partial charge in [0, 0.05) is 25.6 Å². The summed E-state index contributed by atoms with van der Waals surface area (Å²) in [4.78, 5) is 12.4. The first-order valence-corrected chi connectivity index (χ1v) is 8.38. The molecule has 22 heavy (non-hydrogen) atoms. The molecule has 1 aromatic carbocycles. The van der Waals surface area contributed by atoms with Gasteiger partial charge in [-0.05, 0) is 44.1 Å². The lowest BCUT2D eigenvalue weighted by atomic mass is 9.70. The molecule has 2 aliphatic carbocycles. The van der Waals surface area contributed by atoms with Gasteiger partial charge in [-0.25, -0.2) is 0 Å². The van der Waals surface area contributed by atoms with Gasteiger partial charge in [-0.15, -0.1) is 0 Å². The van der Waals surface area contributed by atoms with Crippen molar-refractivity contribution in [2.45, 2.75) is 57.2 Å². The van der Waals surface area contributed by atoms with E-state index in [9.17, 15) is 4.79 Å². The maximum Gasteiger partial charge on any atom is 0.139 e. The molecule has 2 unspecified atom stereocenters. The molecule has 3 rings (SSSR count). The zero-order valence-corrected chi connectivity index (χ0v) is 13.5. The molecule has 2 fully saturated rings. The number of hydrogen-bond donors (Lipinski definition) is 0. The summed E-state index contributed by atoms with van der Waals surface area (Å²) in [6.45, 7) is 1.38. The highest BCUT2D eigenvalue weighted by Crippen LogP contribution is 2.55. The van der Waals surface area contributed by atoms with Gasteiger partial charge in [-0.1, -0.05) is 30.3 Å². The Hall–Kier alpha value is -1.19. The highest BCUT2D eigenvalue weighted by atomic mass is 16.5. The van der Waals surface area contributed by atoms with Crippen LogP contribution in [0.3, 0.4) is 0 Å². The van der Waals surface area contributed by atoms with Gasteiger partial charge in [-0.3, -0.25) is 4.79 Å². The average Bonchev–Trinajstić information content (AvgIpc) is 2.88. The van der Waals surface area contributed by atoms with Crippen LogP contribution in [-0.4, -0.2) is 25.1 Å². The summed E-state index contributed by atoms with van der Waals surface area (Å²) < 4.78 is 11.5. The predicted octanol–water partition coefficient (Wildman–Crippen LogP) is 3.90. The summed E-state index contributed by atoms with van der Waals surface area (Å²) in [5.41, 5.74) is 1.07. The normalized spacial score (nSPS) is 30.7. The topological polar surface area (TPSA) is 35.5 Å². The van der Waals surface area contributed by atoms with E-state index in [1.54, 1.807) is 7.11 Å². The van der Waals surface area contributed by atoms with E-state index < -0.39 is 0 Å². The summed E-state index contributed by atoms with van der Waals surface area (Å²) >= 11 is 0. The van der Waals surface area contributed by atoms with Gasteiger partial charge in [0.1, 0.15) is 5.78 Å². The summed E-state index contributed by atoms with van der Waals surface area (Å²) in [5, 5.41) is 0. The molecule has 0 saturated heterocycles. The Balaban J connectivity index is 1.46. The molecule has 2 atom stereocenters. The molecule has 3 nitrogen and oxygen atoms in total.